The average Bonchev–Trinajstić information content (AvgIpc) is 3.34. The SMILES string of the molecule is COC(=O)N[C@H](C(=O)N1CCC[C@H]1c1ncc(-c2ccccc2)[nH]1)C(C)C.Cl. The van der Waals surface area contributed by atoms with E-state index in [1.165, 1.54) is 7.11 Å². The Morgan fingerprint density at radius 1 is 1.29 bits per heavy atom. The van der Waals surface area contributed by atoms with Gasteiger partial charge in [-0.3, -0.25) is 4.79 Å². The van der Waals surface area contributed by atoms with Gasteiger partial charge in [-0.15, -0.1) is 12.4 Å². The molecule has 0 aliphatic carbocycles. The van der Waals surface area contributed by atoms with Crippen LogP contribution in [0, 0.1) is 5.92 Å². The minimum Gasteiger partial charge on any atom is -0.453 e. The number of amides is 2. The van der Waals surface area contributed by atoms with Crippen LogP contribution in [-0.2, 0) is 9.53 Å². The van der Waals surface area contributed by atoms with E-state index < -0.39 is 12.1 Å². The molecule has 152 valence electrons. The number of halogens is 1. The summed E-state index contributed by atoms with van der Waals surface area (Å²) in [6, 6.07) is 9.23. The number of alkyl carbamates (subject to hydrolysis) is 1. The molecule has 0 bridgehead atoms. The van der Waals surface area contributed by atoms with Gasteiger partial charge in [0.2, 0.25) is 5.91 Å². The Balaban J connectivity index is 0.00000280. The lowest BCUT2D eigenvalue weighted by atomic mass is 10.0. The van der Waals surface area contributed by atoms with Crippen molar-refractivity contribution in [3.05, 3.63) is 42.4 Å². The fraction of sp³-hybridized carbons (Fsp3) is 0.450. The highest BCUT2D eigenvalue weighted by Gasteiger charge is 2.37. The number of benzene rings is 1. The van der Waals surface area contributed by atoms with Gasteiger partial charge in [-0.05, 0) is 24.3 Å². The molecular formula is C20H27ClN4O3. The van der Waals surface area contributed by atoms with Crippen molar-refractivity contribution >= 4 is 24.4 Å². The molecule has 0 saturated carbocycles. The van der Waals surface area contributed by atoms with Crippen LogP contribution in [0.15, 0.2) is 36.5 Å². The molecule has 3 rings (SSSR count). The summed E-state index contributed by atoms with van der Waals surface area (Å²) in [6.07, 6.45) is 2.96. The number of nitrogens with zero attached hydrogens (tertiary/aromatic N) is 2. The fourth-order valence-electron chi connectivity index (χ4n) is 3.46. The van der Waals surface area contributed by atoms with E-state index in [1.807, 2.05) is 49.1 Å². The number of rotatable bonds is 5. The van der Waals surface area contributed by atoms with Gasteiger partial charge in [-0.1, -0.05) is 44.2 Å². The molecule has 0 unspecified atom stereocenters. The molecule has 2 aromatic rings. The van der Waals surface area contributed by atoms with Crippen LogP contribution in [0.2, 0.25) is 0 Å². The molecule has 1 aromatic heterocycles. The Labute approximate surface area is 171 Å². The van der Waals surface area contributed by atoms with Crippen LogP contribution in [0.3, 0.4) is 0 Å². The standard InChI is InChI=1S/C20H26N4O3.ClH/c1-13(2)17(23-20(26)27-3)19(25)24-11-7-10-16(24)18-21-12-15(22-18)14-8-5-4-6-9-14;/h4-6,8-9,12-13,16-17H,7,10-11H2,1-3H3,(H,21,22)(H,23,26);1H/t16-,17-;/m0./s1. The number of likely N-dealkylation sites (tertiary alicyclic amines) is 1. The van der Waals surface area contributed by atoms with Gasteiger partial charge in [-0.2, -0.15) is 0 Å². The van der Waals surface area contributed by atoms with Crippen molar-refractivity contribution in [2.75, 3.05) is 13.7 Å². The van der Waals surface area contributed by atoms with Crippen molar-refractivity contribution in [2.24, 2.45) is 5.92 Å². The molecule has 2 N–H and O–H groups in total. The number of carbonyl (C=O) groups excluding carboxylic acids is 2. The highest BCUT2D eigenvalue weighted by molar-refractivity contribution is 5.86. The highest BCUT2D eigenvalue weighted by atomic mass is 35.5. The first kappa shape index (κ1) is 21.8. The van der Waals surface area contributed by atoms with Gasteiger partial charge in [0.1, 0.15) is 11.9 Å². The lowest BCUT2D eigenvalue weighted by Gasteiger charge is -2.30. The Bertz CT molecular complexity index is 794. The van der Waals surface area contributed by atoms with Gasteiger partial charge in [0.25, 0.3) is 0 Å². The highest BCUT2D eigenvalue weighted by Crippen LogP contribution is 2.32. The maximum atomic E-state index is 13.1. The first-order valence-electron chi connectivity index (χ1n) is 9.26. The minimum absolute atomic E-state index is 0. The van der Waals surface area contributed by atoms with Crippen molar-refractivity contribution in [3.63, 3.8) is 0 Å². The summed E-state index contributed by atoms with van der Waals surface area (Å²) in [5.41, 5.74) is 1.98. The zero-order valence-corrected chi connectivity index (χ0v) is 17.2. The monoisotopic (exact) mass is 406 g/mol. The van der Waals surface area contributed by atoms with Crippen LogP contribution in [0.1, 0.15) is 38.6 Å². The molecule has 1 aromatic carbocycles. The third kappa shape index (κ3) is 4.65. The predicted molar refractivity (Wildman–Crippen MR) is 109 cm³/mol. The fourth-order valence-corrected chi connectivity index (χ4v) is 3.46. The van der Waals surface area contributed by atoms with E-state index in [9.17, 15) is 9.59 Å². The number of hydrogen-bond donors (Lipinski definition) is 2. The summed E-state index contributed by atoms with van der Waals surface area (Å²) >= 11 is 0. The molecule has 1 aliphatic rings. The first-order valence-corrected chi connectivity index (χ1v) is 9.26. The van der Waals surface area contributed by atoms with E-state index in [0.717, 1.165) is 29.9 Å². The van der Waals surface area contributed by atoms with Gasteiger partial charge >= 0.3 is 6.09 Å². The Hall–Kier alpha value is -2.54. The van der Waals surface area contributed by atoms with Crippen molar-refractivity contribution in [2.45, 2.75) is 38.8 Å². The van der Waals surface area contributed by atoms with Crippen LogP contribution in [-0.4, -0.2) is 46.6 Å². The second-order valence-electron chi connectivity index (χ2n) is 7.10. The number of ether oxygens (including phenoxy) is 1. The van der Waals surface area contributed by atoms with Crippen molar-refractivity contribution in [3.8, 4) is 11.3 Å². The van der Waals surface area contributed by atoms with Gasteiger partial charge < -0.3 is 19.9 Å². The topological polar surface area (TPSA) is 87.3 Å². The largest absolute Gasteiger partial charge is 0.453 e. The summed E-state index contributed by atoms with van der Waals surface area (Å²) in [6.45, 7) is 4.46. The molecule has 1 saturated heterocycles. The van der Waals surface area contributed by atoms with Gasteiger partial charge in [0, 0.05) is 6.54 Å². The van der Waals surface area contributed by atoms with Crippen LogP contribution in [0.25, 0.3) is 11.3 Å². The van der Waals surface area contributed by atoms with E-state index in [2.05, 4.69) is 20.0 Å². The molecule has 2 amide bonds. The van der Waals surface area contributed by atoms with Crippen molar-refractivity contribution < 1.29 is 14.3 Å². The van der Waals surface area contributed by atoms with E-state index in [4.69, 9.17) is 0 Å². The van der Waals surface area contributed by atoms with Gasteiger partial charge in [-0.25, -0.2) is 9.78 Å². The molecule has 8 heteroatoms. The van der Waals surface area contributed by atoms with E-state index in [0.29, 0.717) is 6.54 Å². The molecule has 1 fully saturated rings. The number of aromatic amines is 1. The normalized spacial score (nSPS) is 17.1. The lowest BCUT2D eigenvalue weighted by molar-refractivity contribution is -0.135. The molecule has 1 aliphatic heterocycles. The number of hydrogen-bond acceptors (Lipinski definition) is 4. The minimum atomic E-state index is -0.624. The Morgan fingerprint density at radius 2 is 2.00 bits per heavy atom. The third-order valence-corrected chi connectivity index (χ3v) is 4.92. The third-order valence-electron chi connectivity index (χ3n) is 4.92. The lowest BCUT2D eigenvalue weighted by Crippen LogP contribution is -2.51. The number of methoxy groups -OCH3 is 1. The summed E-state index contributed by atoms with van der Waals surface area (Å²) in [5, 5.41) is 2.66. The summed E-state index contributed by atoms with van der Waals surface area (Å²) < 4.78 is 4.67. The Kier molecular flexibility index (Phi) is 7.45. The number of nitrogens with one attached hydrogen (secondary N) is 2. The molecular weight excluding hydrogens is 380 g/mol. The zero-order valence-electron chi connectivity index (χ0n) is 16.3. The van der Waals surface area contributed by atoms with E-state index in [-0.39, 0.29) is 30.3 Å². The second kappa shape index (κ2) is 9.59. The summed E-state index contributed by atoms with van der Waals surface area (Å²) in [4.78, 5) is 34.4. The molecule has 0 spiro atoms. The van der Waals surface area contributed by atoms with Gasteiger partial charge in [0.15, 0.2) is 0 Å². The summed E-state index contributed by atoms with van der Waals surface area (Å²) in [7, 11) is 1.30. The number of carbonyl (C=O) groups is 2. The second-order valence-corrected chi connectivity index (χ2v) is 7.10. The molecule has 0 radical (unpaired) electrons. The van der Waals surface area contributed by atoms with E-state index in [1.54, 1.807) is 6.20 Å². The van der Waals surface area contributed by atoms with Crippen LogP contribution in [0.5, 0.6) is 0 Å². The van der Waals surface area contributed by atoms with Crippen molar-refractivity contribution in [1.29, 1.82) is 0 Å². The molecule has 2 heterocycles. The Morgan fingerprint density at radius 3 is 2.64 bits per heavy atom. The quantitative estimate of drug-likeness (QED) is 0.794. The first-order chi connectivity index (χ1) is 13.0. The van der Waals surface area contributed by atoms with Crippen LogP contribution < -0.4 is 5.32 Å². The maximum Gasteiger partial charge on any atom is 0.407 e. The number of aromatic nitrogens is 2. The molecule has 7 nitrogen and oxygen atoms in total. The molecule has 2 atom stereocenters. The summed E-state index contributed by atoms with van der Waals surface area (Å²) in [5.74, 6) is 0.630. The maximum absolute atomic E-state index is 13.1. The van der Waals surface area contributed by atoms with Crippen LogP contribution in [0.4, 0.5) is 4.79 Å². The number of imidazole rings is 1. The predicted octanol–water partition coefficient (Wildman–Crippen LogP) is 3.54. The van der Waals surface area contributed by atoms with Crippen molar-refractivity contribution in [1.82, 2.24) is 20.2 Å². The van der Waals surface area contributed by atoms with E-state index >= 15 is 0 Å². The zero-order chi connectivity index (χ0) is 19.4. The smallest absolute Gasteiger partial charge is 0.407 e. The number of H-pyrrole nitrogens is 1. The molecule has 28 heavy (non-hydrogen) atoms. The van der Waals surface area contributed by atoms with Gasteiger partial charge in [0.05, 0.1) is 25.0 Å². The average molecular weight is 407 g/mol. The van der Waals surface area contributed by atoms with Crippen LogP contribution >= 0.6 is 12.4 Å².